The lowest BCUT2D eigenvalue weighted by Crippen LogP contribution is -2.09. The molecule has 21 heavy (non-hydrogen) atoms. The fraction of sp³-hybridized carbons (Fsp3) is 0.235. The van der Waals surface area contributed by atoms with Crippen LogP contribution in [-0.2, 0) is 6.42 Å². The molecule has 0 radical (unpaired) electrons. The summed E-state index contributed by atoms with van der Waals surface area (Å²) in [5.74, 6) is 1.84. The highest BCUT2D eigenvalue weighted by Crippen LogP contribution is 2.26. The minimum atomic E-state index is 0.231. The van der Waals surface area contributed by atoms with Gasteiger partial charge in [0, 0.05) is 16.5 Å². The lowest BCUT2D eigenvalue weighted by atomic mass is 10.1. The summed E-state index contributed by atoms with van der Waals surface area (Å²) in [5.41, 5.74) is 1.93. The Morgan fingerprint density at radius 3 is 2.48 bits per heavy atom. The van der Waals surface area contributed by atoms with Gasteiger partial charge in [0.05, 0.1) is 0 Å². The maximum Gasteiger partial charge on any atom is 0.163 e. The predicted octanol–water partition coefficient (Wildman–Crippen LogP) is 4.04. The third-order valence-electron chi connectivity index (χ3n) is 3.42. The van der Waals surface area contributed by atoms with Crippen molar-refractivity contribution < 1.29 is 14.3 Å². The smallest absolute Gasteiger partial charge is 0.163 e. The number of halogens is 1. The molecule has 0 saturated carbocycles. The molecule has 0 aliphatic heterocycles. The topological polar surface area (TPSA) is 35.5 Å². The third-order valence-corrected chi connectivity index (χ3v) is 3.91. The van der Waals surface area contributed by atoms with Crippen molar-refractivity contribution in [1.82, 2.24) is 0 Å². The van der Waals surface area contributed by atoms with Gasteiger partial charge in [-0.3, -0.25) is 4.79 Å². The SMILES string of the molecule is O=C1CCc2cc(OCCOc3cccc(Br)c3)ccc21. The first kappa shape index (κ1) is 14.1. The Morgan fingerprint density at radius 2 is 1.71 bits per heavy atom. The second-order valence-corrected chi connectivity index (χ2v) is 5.81. The van der Waals surface area contributed by atoms with E-state index >= 15 is 0 Å². The quantitative estimate of drug-likeness (QED) is 0.766. The van der Waals surface area contributed by atoms with Crippen molar-refractivity contribution in [3.8, 4) is 11.5 Å². The molecule has 0 fully saturated rings. The van der Waals surface area contributed by atoms with E-state index < -0.39 is 0 Å². The minimum absolute atomic E-state index is 0.231. The first-order chi connectivity index (χ1) is 10.2. The molecule has 3 rings (SSSR count). The molecule has 0 unspecified atom stereocenters. The summed E-state index contributed by atoms with van der Waals surface area (Å²) >= 11 is 3.40. The maximum absolute atomic E-state index is 11.6. The highest BCUT2D eigenvalue weighted by Gasteiger charge is 2.19. The summed E-state index contributed by atoms with van der Waals surface area (Å²) in [4.78, 5) is 11.6. The number of carbonyl (C=O) groups excluding carboxylic acids is 1. The molecule has 0 spiro atoms. The van der Waals surface area contributed by atoms with E-state index in [0.717, 1.165) is 33.5 Å². The van der Waals surface area contributed by atoms with Crippen LogP contribution in [-0.4, -0.2) is 19.0 Å². The Kier molecular flexibility index (Phi) is 4.25. The first-order valence-corrected chi connectivity index (χ1v) is 7.69. The van der Waals surface area contributed by atoms with Crippen molar-refractivity contribution in [3.63, 3.8) is 0 Å². The largest absolute Gasteiger partial charge is 0.490 e. The van der Waals surface area contributed by atoms with E-state index in [4.69, 9.17) is 9.47 Å². The zero-order valence-electron chi connectivity index (χ0n) is 11.5. The predicted molar refractivity (Wildman–Crippen MR) is 84.2 cm³/mol. The van der Waals surface area contributed by atoms with Crippen LogP contribution >= 0.6 is 15.9 Å². The van der Waals surface area contributed by atoms with Gasteiger partial charge >= 0.3 is 0 Å². The van der Waals surface area contributed by atoms with Crippen LogP contribution in [0.1, 0.15) is 22.3 Å². The van der Waals surface area contributed by atoms with Gasteiger partial charge in [-0.15, -0.1) is 0 Å². The van der Waals surface area contributed by atoms with Gasteiger partial charge < -0.3 is 9.47 Å². The number of ketones is 1. The van der Waals surface area contributed by atoms with E-state index in [0.29, 0.717) is 19.6 Å². The molecule has 0 aromatic heterocycles. The summed E-state index contributed by atoms with van der Waals surface area (Å²) in [6.07, 6.45) is 1.44. The summed E-state index contributed by atoms with van der Waals surface area (Å²) < 4.78 is 12.3. The van der Waals surface area contributed by atoms with Crippen molar-refractivity contribution in [2.75, 3.05) is 13.2 Å². The Bertz CT molecular complexity index is 667. The highest BCUT2D eigenvalue weighted by atomic mass is 79.9. The average molecular weight is 347 g/mol. The van der Waals surface area contributed by atoms with Crippen molar-refractivity contribution >= 4 is 21.7 Å². The number of hydrogen-bond donors (Lipinski definition) is 0. The molecule has 0 heterocycles. The molecule has 2 aromatic rings. The Labute approximate surface area is 132 Å². The molecule has 3 nitrogen and oxygen atoms in total. The average Bonchev–Trinajstić information content (AvgIpc) is 2.85. The van der Waals surface area contributed by atoms with Gasteiger partial charge in [0.1, 0.15) is 24.7 Å². The van der Waals surface area contributed by atoms with E-state index in [2.05, 4.69) is 15.9 Å². The summed E-state index contributed by atoms with van der Waals surface area (Å²) in [6.45, 7) is 0.950. The standard InChI is InChI=1S/C17H15BrO3/c18-13-2-1-3-14(11-13)20-8-9-21-15-5-6-16-12(10-15)4-7-17(16)19/h1-3,5-6,10-11H,4,7-9H2. The summed E-state index contributed by atoms with van der Waals surface area (Å²) in [5, 5.41) is 0. The molecule has 0 N–H and O–H groups in total. The Balaban J connectivity index is 1.51. The second-order valence-electron chi connectivity index (χ2n) is 4.90. The van der Waals surface area contributed by atoms with E-state index in [9.17, 15) is 4.79 Å². The number of aryl methyl sites for hydroxylation is 1. The number of Topliss-reactive ketones (excluding diaryl/α,β-unsaturated/α-hetero) is 1. The van der Waals surface area contributed by atoms with Crippen LogP contribution in [0.25, 0.3) is 0 Å². The van der Waals surface area contributed by atoms with Crippen LogP contribution in [0.4, 0.5) is 0 Å². The van der Waals surface area contributed by atoms with Gasteiger partial charge in [-0.25, -0.2) is 0 Å². The minimum Gasteiger partial charge on any atom is -0.490 e. The number of benzene rings is 2. The third kappa shape index (κ3) is 3.45. The van der Waals surface area contributed by atoms with Crippen LogP contribution in [0.2, 0.25) is 0 Å². The number of hydrogen-bond acceptors (Lipinski definition) is 3. The van der Waals surface area contributed by atoms with E-state index in [1.807, 2.05) is 42.5 Å². The van der Waals surface area contributed by atoms with Gasteiger partial charge in [0.25, 0.3) is 0 Å². The monoisotopic (exact) mass is 346 g/mol. The molecule has 1 aliphatic carbocycles. The molecule has 0 atom stereocenters. The molecule has 4 heteroatoms. The van der Waals surface area contributed by atoms with Gasteiger partial charge in [-0.2, -0.15) is 0 Å². The van der Waals surface area contributed by atoms with Crippen molar-refractivity contribution in [1.29, 1.82) is 0 Å². The fourth-order valence-corrected chi connectivity index (χ4v) is 2.78. The number of carbonyl (C=O) groups is 1. The molecular formula is C17H15BrO3. The molecular weight excluding hydrogens is 332 g/mol. The Morgan fingerprint density at radius 1 is 0.952 bits per heavy atom. The van der Waals surface area contributed by atoms with Crippen molar-refractivity contribution in [2.24, 2.45) is 0 Å². The molecule has 0 amide bonds. The van der Waals surface area contributed by atoms with E-state index in [-0.39, 0.29) is 5.78 Å². The molecule has 1 aliphatic rings. The molecule has 0 bridgehead atoms. The van der Waals surface area contributed by atoms with Crippen molar-refractivity contribution in [3.05, 3.63) is 58.1 Å². The normalized spacial score (nSPS) is 13.1. The van der Waals surface area contributed by atoms with Crippen LogP contribution in [0.3, 0.4) is 0 Å². The summed E-state index contributed by atoms with van der Waals surface area (Å²) in [6, 6.07) is 13.4. The zero-order valence-corrected chi connectivity index (χ0v) is 13.1. The number of fused-ring (bicyclic) bond motifs is 1. The van der Waals surface area contributed by atoms with Crippen LogP contribution in [0.5, 0.6) is 11.5 Å². The molecule has 0 saturated heterocycles. The number of rotatable bonds is 5. The van der Waals surface area contributed by atoms with Gasteiger partial charge in [-0.1, -0.05) is 22.0 Å². The van der Waals surface area contributed by atoms with Crippen molar-refractivity contribution in [2.45, 2.75) is 12.8 Å². The van der Waals surface area contributed by atoms with E-state index in [1.54, 1.807) is 0 Å². The second kappa shape index (κ2) is 6.31. The highest BCUT2D eigenvalue weighted by molar-refractivity contribution is 9.10. The van der Waals surface area contributed by atoms with Gasteiger partial charge in [0.2, 0.25) is 0 Å². The zero-order chi connectivity index (χ0) is 14.7. The van der Waals surface area contributed by atoms with Gasteiger partial charge in [-0.05, 0) is 48.4 Å². The fourth-order valence-electron chi connectivity index (χ4n) is 2.40. The Hall–Kier alpha value is -1.81. The lowest BCUT2D eigenvalue weighted by molar-refractivity contribution is 0.0994. The van der Waals surface area contributed by atoms with Crippen LogP contribution < -0.4 is 9.47 Å². The van der Waals surface area contributed by atoms with E-state index in [1.165, 1.54) is 0 Å². The molecule has 2 aromatic carbocycles. The molecule has 108 valence electrons. The lowest BCUT2D eigenvalue weighted by Gasteiger charge is -2.09. The van der Waals surface area contributed by atoms with Gasteiger partial charge in [0.15, 0.2) is 5.78 Å². The summed E-state index contributed by atoms with van der Waals surface area (Å²) in [7, 11) is 0. The maximum atomic E-state index is 11.6. The number of ether oxygens (including phenoxy) is 2. The van der Waals surface area contributed by atoms with Crippen LogP contribution in [0.15, 0.2) is 46.9 Å². The van der Waals surface area contributed by atoms with Crippen LogP contribution in [0, 0.1) is 0 Å². The first-order valence-electron chi connectivity index (χ1n) is 6.90.